The smallest absolute Gasteiger partial charge is 0.298 e. The van der Waals surface area contributed by atoms with Gasteiger partial charge in [-0.1, -0.05) is 13.3 Å². The minimum Gasteiger partial charge on any atom is -0.377 e. The van der Waals surface area contributed by atoms with Crippen molar-refractivity contribution in [3.8, 4) is 0 Å². The molecule has 16 heavy (non-hydrogen) atoms. The van der Waals surface area contributed by atoms with Crippen LogP contribution in [0.25, 0.3) is 0 Å². The van der Waals surface area contributed by atoms with Crippen LogP contribution in [0.3, 0.4) is 0 Å². The summed E-state index contributed by atoms with van der Waals surface area (Å²) in [5.41, 5.74) is -0.826. The van der Waals surface area contributed by atoms with Crippen molar-refractivity contribution < 1.29 is 13.7 Å². The van der Waals surface area contributed by atoms with Crippen LogP contribution < -0.4 is 5.32 Å². The number of anilines is 1. The maximum atomic E-state index is 13.3. The third-order valence-electron chi connectivity index (χ3n) is 2.06. The quantitative estimate of drug-likeness (QED) is 0.480. The van der Waals surface area contributed by atoms with Crippen LogP contribution in [0.15, 0.2) is 12.1 Å². The fraction of sp³-hybridized carbons (Fsp3) is 0.400. The van der Waals surface area contributed by atoms with Crippen molar-refractivity contribution in [1.82, 2.24) is 0 Å². The monoisotopic (exact) mass is 230 g/mol. The second kappa shape index (κ2) is 5.39. The molecule has 0 saturated heterocycles. The van der Waals surface area contributed by atoms with Crippen molar-refractivity contribution in [3.05, 3.63) is 33.9 Å². The Labute approximate surface area is 91.4 Å². The van der Waals surface area contributed by atoms with Gasteiger partial charge in [0.2, 0.25) is 0 Å². The van der Waals surface area contributed by atoms with Gasteiger partial charge < -0.3 is 5.32 Å². The predicted octanol–water partition coefficient (Wildman–Crippen LogP) is 3.09. The minimum atomic E-state index is -0.953. The molecule has 1 aromatic carbocycles. The number of unbranched alkanes of at least 4 members (excludes halogenated alkanes) is 1. The molecule has 0 atom stereocenters. The third-order valence-corrected chi connectivity index (χ3v) is 2.06. The van der Waals surface area contributed by atoms with Gasteiger partial charge in [-0.25, -0.2) is 8.78 Å². The Morgan fingerprint density at radius 1 is 1.44 bits per heavy atom. The molecule has 0 aliphatic rings. The molecule has 0 radical (unpaired) electrons. The summed E-state index contributed by atoms with van der Waals surface area (Å²) >= 11 is 0. The van der Waals surface area contributed by atoms with E-state index < -0.39 is 22.2 Å². The van der Waals surface area contributed by atoms with Gasteiger partial charge in [0.05, 0.1) is 11.0 Å². The Balaban J connectivity index is 2.99. The van der Waals surface area contributed by atoms with Gasteiger partial charge in [-0.2, -0.15) is 0 Å². The zero-order valence-electron chi connectivity index (χ0n) is 8.80. The summed E-state index contributed by atoms with van der Waals surface area (Å²) in [7, 11) is 0. The van der Waals surface area contributed by atoms with Crippen molar-refractivity contribution in [3.63, 3.8) is 0 Å². The first-order valence-electron chi connectivity index (χ1n) is 4.93. The van der Waals surface area contributed by atoms with Crippen molar-refractivity contribution in [1.29, 1.82) is 0 Å². The van der Waals surface area contributed by atoms with Crippen LogP contribution in [0, 0.1) is 21.7 Å². The van der Waals surface area contributed by atoms with Gasteiger partial charge in [0.1, 0.15) is 11.5 Å². The van der Waals surface area contributed by atoms with Crippen LogP contribution in [0.2, 0.25) is 0 Å². The van der Waals surface area contributed by atoms with E-state index in [0.717, 1.165) is 12.8 Å². The number of rotatable bonds is 5. The second-order valence-electron chi connectivity index (χ2n) is 3.32. The summed E-state index contributed by atoms with van der Waals surface area (Å²) in [6.45, 7) is 2.36. The molecule has 88 valence electrons. The average Bonchev–Trinajstić information content (AvgIpc) is 2.20. The van der Waals surface area contributed by atoms with Crippen LogP contribution in [0.5, 0.6) is 0 Å². The van der Waals surface area contributed by atoms with Crippen molar-refractivity contribution >= 4 is 11.4 Å². The highest BCUT2D eigenvalue weighted by molar-refractivity contribution is 5.62. The van der Waals surface area contributed by atoms with Gasteiger partial charge in [0, 0.05) is 12.6 Å². The number of benzene rings is 1. The Kier molecular flexibility index (Phi) is 4.16. The molecular weight excluding hydrogens is 218 g/mol. The van der Waals surface area contributed by atoms with Crippen LogP contribution >= 0.6 is 0 Å². The van der Waals surface area contributed by atoms with Crippen LogP contribution in [-0.2, 0) is 0 Å². The van der Waals surface area contributed by atoms with E-state index in [9.17, 15) is 18.9 Å². The maximum Gasteiger partial charge on any atom is 0.298 e. The predicted molar refractivity (Wildman–Crippen MR) is 56.4 cm³/mol. The number of hydrogen-bond acceptors (Lipinski definition) is 3. The molecule has 4 nitrogen and oxygen atoms in total. The summed E-state index contributed by atoms with van der Waals surface area (Å²) in [5.74, 6) is -1.90. The van der Waals surface area contributed by atoms with E-state index >= 15 is 0 Å². The zero-order valence-corrected chi connectivity index (χ0v) is 8.80. The van der Waals surface area contributed by atoms with Crippen LogP contribution in [0.4, 0.5) is 20.2 Å². The Morgan fingerprint density at radius 3 is 2.69 bits per heavy atom. The van der Waals surface area contributed by atoms with E-state index in [1.807, 2.05) is 6.92 Å². The molecule has 0 saturated carbocycles. The van der Waals surface area contributed by atoms with E-state index in [1.54, 1.807) is 0 Å². The molecule has 0 heterocycles. The summed E-state index contributed by atoms with van der Waals surface area (Å²) in [4.78, 5) is 9.79. The minimum absolute atomic E-state index is 0.250. The number of nitrogens with zero attached hydrogens (tertiary/aromatic N) is 1. The molecule has 1 rings (SSSR count). The molecule has 0 bridgehead atoms. The summed E-state index contributed by atoms with van der Waals surface area (Å²) in [6.07, 6.45) is 1.64. The summed E-state index contributed by atoms with van der Waals surface area (Å²) < 4.78 is 26.1. The highest BCUT2D eigenvalue weighted by Crippen LogP contribution is 2.28. The topological polar surface area (TPSA) is 55.2 Å². The van der Waals surface area contributed by atoms with E-state index in [2.05, 4.69) is 5.32 Å². The van der Waals surface area contributed by atoms with Crippen molar-refractivity contribution in [2.45, 2.75) is 19.8 Å². The fourth-order valence-electron chi connectivity index (χ4n) is 1.27. The average molecular weight is 230 g/mol. The third kappa shape index (κ3) is 2.88. The number of nitro benzene ring substituents is 1. The fourth-order valence-corrected chi connectivity index (χ4v) is 1.27. The lowest BCUT2D eigenvalue weighted by Crippen LogP contribution is -2.06. The molecule has 6 heteroatoms. The number of hydrogen-bond donors (Lipinski definition) is 1. The van der Waals surface area contributed by atoms with E-state index in [1.165, 1.54) is 0 Å². The van der Waals surface area contributed by atoms with Gasteiger partial charge >= 0.3 is 0 Å². The van der Waals surface area contributed by atoms with Gasteiger partial charge in [-0.3, -0.25) is 10.1 Å². The number of nitrogens with one attached hydrogen (secondary N) is 1. The Morgan fingerprint density at radius 2 is 2.12 bits per heavy atom. The molecule has 0 spiro atoms. The summed E-state index contributed by atoms with van der Waals surface area (Å²) in [5, 5.41) is 13.2. The highest BCUT2D eigenvalue weighted by Gasteiger charge is 2.19. The van der Waals surface area contributed by atoms with Crippen LogP contribution in [-0.4, -0.2) is 11.5 Å². The van der Waals surface area contributed by atoms with Crippen molar-refractivity contribution in [2.75, 3.05) is 11.9 Å². The molecule has 1 aromatic rings. The number of halogens is 2. The molecule has 0 aromatic heterocycles. The molecule has 0 unspecified atom stereocenters. The first-order valence-corrected chi connectivity index (χ1v) is 4.93. The molecule has 0 aliphatic carbocycles. The lowest BCUT2D eigenvalue weighted by Gasteiger charge is -2.07. The Bertz CT molecular complexity index is 397. The normalized spacial score (nSPS) is 10.2. The molecule has 0 amide bonds. The summed E-state index contributed by atoms with van der Waals surface area (Å²) in [6, 6.07) is 1.33. The molecule has 0 fully saturated rings. The van der Waals surface area contributed by atoms with E-state index in [0.29, 0.717) is 18.7 Å². The number of nitro groups is 1. The van der Waals surface area contributed by atoms with Gasteiger partial charge in [-0.15, -0.1) is 0 Å². The van der Waals surface area contributed by atoms with E-state index in [-0.39, 0.29) is 5.69 Å². The van der Waals surface area contributed by atoms with E-state index in [4.69, 9.17) is 0 Å². The first kappa shape index (κ1) is 12.4. The molecule has 1 N–H and O–H groups in total. The maximum absolute atomic E-state index is 13.3. The van der Waals surface area contributed by atoms with Crippen molar-refractivity contribution in [2.24, 2.45) is 0 Å². The first-order chi connectivity index (χ1) is 7.56. The van der Waals surface area contributed by atoms with Crippen LogP contribution in [0.1, 0.15) is 19.8 Å². The zero-order chi connectivity index (χ0) is 12.1. The standard InChI is InChI=1S/C10H12F2N2O2/c1-2-3-4-13-10-8(12)5-7(11)6-9(10)14(15)16/h5-6,13H,2-4H2,1H3. The second-order valence-corrected chi connectivity index (χ2v) is 3.32. The van der Waals surface area contributed by atoms with Gasteiger partial charge in [0.15, 0.2) is 5.82 Å². The lowest BCUT2D eigenvalue weighted by molar-refractivity contribution is -0.384. The largest absolute Gasteiger partial charge is 0.377 e. The van der Waals surface area contributed by atoms with Gasteiger partial charge in [0.25, 0.3) is 5.69 Å². The highest BCUT2D eigenvalue weighted by atomic mass is 19.1. The SMILES string of the molecule is CCCCNc1c(F)cc(F)cc1[N+](=O)[O-]. The lowest BCUT2D eigenvalue weighted by atomic mass is 10.2. The van der Waals surface area contributed by atoms with Gasteiger partial charge in [-0.05, 0) is 6.42 Å². The Hall–Kier alpha value is -1.72. The molecular formula is C10H12F2N2O2. The molecule has 0 aliphatic heterocycles.